The fourth-order valence-corrected chi connectivity index (χ4v) is 2.07. The number of aromatic nitrogens is 2. The van der Waals surface area contributed by atoms with E-state index in [1.54, 1.807) is 23.5 Å². The van der Waals surface area contributed by atoms with Crippen LogP contribution in [0.1, 0.15) is 15.6 Å². The Morgan fingerprint density at radius 1 is 1.31 bits per heavy atom. The number of aryl methyl sites for hydroxylation is 1. The summed E-state index contributed by atoms with van der Waals surface area (Å²) in [4.78, 5) is 0. The van der Waals surface area contributed by atoms with Crippen LogP contribution in [0.2, 0.25) is 0 Å². The maximum absolute atomic E-state index is 9.28. The van der Waals surface area contributed by atoms with Gasteiger partial charge in [-0.2, -0.15) is 0 Å². The summed E-state index contributed by atoms with van der Waals surface area (Å²) in [5, 5.41) is 22.5. The van der Waals surface area contributed by atoms with Crippen LogP contribution >= 0.6 is 11.3 Å². The Bertz CT molecular complexity index is 470. The van der Waals surface area contributed by atoms with Gasteiger partial charge in [0, 0.05) is 13.1 Å². The third-order valence-corrected chi connectivity index (χ3v) is 2.92. The topological polar surface area (TPSA) is 58.0 Å². The zero-order valence-electron chi connectivity index (χ0n) is 8.97. The second-order valence-corrected chi connectivity index (χ2v) is 4.75. The van der Waals surface area contributed by atoms with Crippen molar-refractivity contribution < 1.29 is 5.11 Å². The molecule has 0 saturated carbocycles. The van der Waals surface area contributed by atoms with E-state index in [0.29, 0.717) is 18.8 Å². The van der Waals surface area contributed by atoms with Crippen molar-refractivity contribution in [2.24, 2.45) is 0 Å². The molecule has 0 aliphatic heterocycles. The van der Waals surface area contributed by atoms with Crippen molar-refractivity contribution in [1.82, 2.24) is 15.5 Å². The van der Waals surface area contributed by atoms with Crippen molar-refractivity contribution in [1.29, 1.82) is 0 Å². The van der Waals surface area contributed by atoms with Crippen LogP contribution in [0.5, 0.6) is 5.75 Å². The van der Waals surface area contributed by atoms with E-state index in [4.69, 9.17) is 0 Å². The maximum Gasteiger partial charge on any atom is 0.131 e. The lowest BCUT2D eigenvalue weighted by Gasteiger charge is -2.02. The molecule has 0 aliphatic carbocycles. The molecule has 0 atom stereocenters. The molecule has 4 nitrogen and oxygen atoms in total. The van der Waals surface area contributed by atoms with Gasteiger partial charge in [0.15, 0.2) is 0 Å². The molecule has 1 aromatic heterocycles. The Labute approximate surface area is 98.0 Å². The van der Waals surface area contributed by atoms with E-state index in [-0.39, 0.29) is 0 Å². The highest BCUT2D eigenvalue weighted by Gasteiger charge is 2.00. The first-order valence-corrected chi connectivity index (χ1v) is 5.83. The minimum absolute atomic E-state index is 0.297. The predicted molar refractivity (Wildman–Crippen MR) is 63.3 cm³/mol. The average molecular weight is 235 g/mol. The van der Waals surface area contributed by atoms with Crippen LogP contribution in [0.15, 0.2) is 24.3 Å². The molecule has 1 aromatic carbocycles. The van der Waals surface area contributed by atoms with E-state index in [9.17, 15) is 5.11 Å². The SMILES string of the molecule is Cc1nnc(CNCc2cccc(O)c2)s1. The Morgan fingerprint density at radius 2 is 2.19 bits per heavy atom. The number of phenolic OH excluding ortho intramolecular Hbond substituents is 1. The van der Waals surface area contributed by atoms with Gasteiger partial charge in [-0.3, -0.25) is 0 Å². The van der Waals surface area contributed by atoms with Crippen LogP contribution < -0.4 is 5.32 Å². The number of aromatic hydroxyl groups is 1. The van der Waals surface area contributed by atoms with Gasteiger partial charge >= 0.3 is 0 Å². The summed E-state index contributed by atoms with van der Waals surface area (Å²) in [6.45, 7) is 3.37. The van der Waals surface area contributed by atoms with Crippen LogP contribution in [-0.2, 0) is 13.1 Å². The number of nitrogens with one attached hydrogen (secondary N) is 1. The standard InChI is InChI=1S/C11H13N3OS/c1-8-13-14-11(16-8)7-12-6-9-3-2-4-10(15)5-9/h2-5,12,15H,6-7H2,1H3. The largest absolute Gasteiger partial charge is 0.508 e. The van der Waals surface area contributed by atoms with Gasteiger partial charge in [0.1, 0.15) is 15.8 Å². The summed E-state index contributed by atoms with van der Waals surface area (Å²) in [7, 11) is 0. The van der Waals surface area contributed by atoms with Gasteiger partial charge in [0.05, 0.1) is 0 Å². The van der Waals surface area contributed by atoms with Gasteiger partial charge in [-0.25, -0.2) is 0 Å². The molecule has 5 heteroatoms. The lowest BCUT2D eigenvalue weighted by molar-refractivity contribution is 0.474. The van der Waals surface area contributed by atoms with E-state index in [1.165, 1.54) is 0 Å². The molecule has 0 bridgehead atoms. The van der Waals surface area contributed by atoms with E-state index in [0.717, 1.165) is 15.6 Å². The lowest BCUT2D eigenvalue weighted by atomic mass is 10.2. The Hall–Kier alpha value is -1.46. The second-order valence-electron chi connectivity index (χ2n) is 3.49. The molecule has 16 heavy (non-hydrogen) atoms. The van der Waals surface area contributed by atoms with Crippen molar-refractivity contribution >= 4 is 11.3 Å². The van der Waals surface area contributed by atoms with E-state index in [1.807, 2.05) is 19.1 Å². The summed E-state index contributed by atoms with van der Waals surface area (Å²) in [5.41, 5.74) is 1.06. The van der Waals surface area contributed by atoms with Gasteiger partial charge in [-0.15, -0.1) is 21.5 Å². The van der Waals surface area contributed by atoms with Gasteiger partial charge in [0.25, 0.3) is 0 Å². The lowest BCUT2D eigenvalue weighted by Crippen LogP contribution is -2.12. The molecule has 2 N–H and O–H groups in total. The first-order chi connectivity index (χ1) is 7.74. The Morgan fingerprint density at radius 3 is 2.88 bits per heavy atom. The highest BCUT2D eigenvalue weighted by molar-refractivity contribution is 7.11. The molecule has 2 rings (SSSR count). The van der Waals surface area contributed by atoms with Crippen molar-refractivity contribution in [3.8, 4) is 5.75 Å². The first-order valence-electron chi connectivity index (χ1n) is 5.01. The third kappa shape index (κ3) is 3.01. The Kier molecular flexibility index (Phi) is 3.48. The van der Waals surface area contributed by atoms with E-state index < -0.39 is 0 Å². The molecule has 0 spiro atoms. The van der Waals surface area contributed by atoms with Crippen LogP contribution in [0.25, 0.3) is 0 Å². The summed E-state index contributed by atoms with van der Waals surface area (Å²) in [6, 6.07) is 7.22. The quantitative estimate of drug-likeness (QED) is 0.849. The van der Waals surface area contributed by atoms with Crippen molar-refractivity contribution in [2.45, 2.75) is 20.0 Å². The summed E-state index contributed by atoms with van der Waals surface area (Å²) >= 11 is 1.59. The van der Waals surface area contributed by atoms with Crippen LogP contribution in [0, 0.1) is 6.92 Å². The van der Waals surface area contributed by atoms with Crippen LogP contribution in [-0.4, -0.2) is 15.3 Å². The molecule has 2 aromatic rings. The Balaban J connectivity index is 1.84. The van der Waals surface area contributed by atoms with E-state index in [2.05, 4.69) is 15.5 Å². The second kappa shape index (κ2) is 5.05. The van der Waals surface area contributed by atoms with Gasteiger partial charge in [0.2, 0.25) is 0 Å². The average Bonchev–Trinajstić information content (AvgIpc) is 2.64. The normalized spacial score (nSPS) is 10.6. The summed E-state index contributed by atoms with van der Waals surface area (Å²) in [6.07, 6.45) is 0. The van der Waals surface area contributed by atoms with Crippen LogP contribution in [0.4, 0.5) is 0 Å². The maximum atomic E-state index is 9.28. The minimum atomic E-state index is 0.297. The predicted octanol–water partition coefficient (Wildman–Crippen LogP) is 1.84. The monoisotopic (exact) mass is 235 g/mol. The van der Waals surface area contributed by atoms with Gasteiger partial charge in [-0.05, 0) is 24.6 Å². The molecule has 1 heterocycles. The molecule has 0 amide bonds. The number of phenols is 1. The summed E-state index contributed by atoms with van der Waals surface area (Å²) in [5.74, 6) is 0.297. The number of nitrogens with zero attached hydrogens (tertiary/aromatic N) is 2. The number of hydrogen-bond donors (Lipinski definition) is 2. The van der Waals surface area contributed by atoms with Gasteiger partial charge < -0.3 is 10.4 Å². The van der Waals surface area contributed by atoms with Crippen LogP contribution in [0.3, 0.4) is 0 Å². The number of rotatable bonds is 4. The highest BCUT2D eigenvalue weighted by Crippen LogP contribution is 2.11. The third-order valence-electron chi connectivity index (χ3n) is 2.08. The molecule has 0 fully saturated rings. The number of hydrogen-bond acceptors (Lipinski definition) is 5. The zero-order valence-corrected chi connectivity index (χ0v) is 9.79. The first kappa shape index (κ1) is 11.0. The minimum Gasteiger partial charge on any atom is -0.508 e. The van der Waals surface area contributed by atoms with Crippen molar-refractivity contribution in [3.63, 3.8) is 0 Å². The molecule has 0 aliphatic rings. The molecule has 84 valence electrons. The zero-order chi connectivity index (χ0) is 11.4. The number of benzene rings is 1. The fraction of sp³-hybridized carbons (Fsp3) is 0.273. The molecule has 0 saturated heterocycles. The highest BCUT2D eigenvalue weighted by atomic mass is 32.1. The van der Waals surface area contributed by atoms with Crippen molar-refractivity contribution in [2.75, 3.05) is 0 Å². The molecular weight excluding hydrogens is 222 g/mol. The van der Waals surface area contributed by atoms with E-state index >= 15 is 0 Å². The molecule has 0 radical (unpaired) electrons. The molecule has 0 unspecified atom stereocenters. The fourth-order valence-electron chi connectivity index (χ4n) is 1.39. The van der Waals surface area contributed by atoms with Gasteiger partial charge in [-0.1, -0.05) is 12.1 Å². The molecular formula is C11H13N3OS. The van der Waals surface area contributed by atoms with Crippen molar-refractivity contribution in [3.05, 3.63) is 39.8 Å². The summed E-state index contributed by atoms with van der Waals surface area (Å²) < 4.78 is 0. The smallest absolute Gasteiger partial charge is 0.131 e.